The number of carbonyl (C=O) groups excluding carboxylic acids is 1. The molecule has 1 fully saturated rings. The van der Waals surface area contributed by atoms with Crippen molar-refractivity contribution in [2.24, 2.45) is 5.92 Å². The van der Waals surface area contributed by atoms with Crippen LogP contribution in [0.5, 0.6) is 0 Å². The third kappa shape index (κ3) is 4.06. The molecule has 2 N–H and O–H groups in total. The van der Waals surface area contributed by atoms with E-state index in [1.807, 2.05) is 0 Å². The maximum Gasteiger partial charge on any atom is 0.335 e. The predicted octanol–water partition coefficient (Wildman–Crippen LogP) is 1.47. The Morgan fingerprint density at radius 1 is 1.35 bits per heavy atom. The smallest absolute Gasteiger partial charge is 0.335 e. The van der Waals surface area contributed by atoms with E-state index >= 15 is 0 Å². The van der Waals surface area contributed by atoms with Gasteiger partial charge in [-0.1, -0.05) is 18.2 Å². The molecule has 1 saturated heterocycles. The Kier molecular flexibility index (Phi) is 5.12. The highest BCUT2D eigenvalue weighted by atomic mass is 16.5. The van der Waals surface area contributed by atoms with Crippen molar-refractivity contribution in [3.05, 3.63) is 35.4 Å². The number of ether oxygens (including phenoxy) is 1. The van der Waals surface area contributed by atoms with Gasteiger partial charge in [0.1, 0.15) is 0 Å². The minimum absolute atomic E-state index is 0.0933. The van der Waals surface area contributed by atoms with Crippen LogP contribution in [-0.2, 0) is 16.0 Å². The van der Waals surface area contributed by atoms with Crippen LogP contribution in [0.4, 0.5) is 0 Å². The second-order valence-electron chi connectivity index (χ2n) is 5.03. The molecule has 1 aromatic carbocycles. The molecule has 1 atom stereocenters. The summed E-state index contributed by atoms with van der Waals surface area (Å²) in [4.78, 5) is 22.9. The molecule has 5 heteroatoms. The van der Waals surface area contributed by atoms with Gasteiger partial charge in [0.05, 0.1) is 18.6 Å². The molecule has 20 heavy (non-hydrogen) atoms. The summed E-state index contributed by atoms with van der Waals surface area (Å²) in [5.41, 5.74) is 0.723. The van der Waals surface area contributed by atoms with Gasteiger partial charge in [-0.05, 0) is 30.4 Å². The molecule has 0 saturated carbocycles. The molecule has 0 spiro atoms. The van der Waals surface area contributed by atoms with Gasteiger partial charge in [0.15, 0.2) is 0 Å². The first-order valence-corrected chi connectivity index (χ1v) is 6.82. The van der Waals surface area contributed by atoms with E-state index in [1.165, 1.54) is 6.07 Å². The molecule has 1 amide bonds. The van der Waals surface area contributed by atoms with Crippen LogP contribution in [0.2, 0.25) is 0 Å². The van der Waals surface area contributed by atoms with Crippen molar-refractivity contribution in [1.82, 2.24) is 5.32 Å². The van der Waals surface area contributed by atoms with Crippen LogP contribution >= 0.6 is 0 Å². The standard InChI is InChI=1S/C15H19NO4/c17-14(16-9-11-4-3-7-20-10-11)8-12-5-1-2-6-13(12)15(18)19/h1-2,5-6,11H,3-4,7-10H2,(H,16,17)(H,18,19). The largest absolute Gasteiger partial charge is 0.478 e. The lowest BCUT2D eigenvalue weighted by Gasteiger charge is -2.22. The van der Waals surface area contributed by atoms with Gasteiger partial charge in [-0.15, -0.1) is 0 Å². The Balaban J connectivity index is 1.86. The second kappa shape index (κ2) is 7.05. The summed E-state index contributed by atoms with van der Waals surface area (Å²) in [7, 11) is 0. The minimum atomic E-state index is -1.01. The van der Waals surface area contributed by atoms with E-state index in [2.05, 4.69) is 5.32 Å². The number of carbonyl (C=O) groups is 2. The Bertz CT molecular complexity index is 481. The van der Waals surface area contributed by atoms with Crippen molar-refractivity contribution >= 4 is 11.9 Å². The highest BCUT2D eigenvalue weighted by molar-refractivity contribution is 5.91. The molecule has 0 radical (unpaired) electrons. The number of hydrogen-bond acceptors (Lipinski definition) is 3. The monoisotopic (exact) mass is 277 g/mol. The molecule has 1 unspecified atom stereocenters. The molecule has 5 nitrogen and oxygen atoms in total. The Labute approximate surface area is 117 Å². The highest BCUT2D eigenvalue weighted by Gasteiger charge is 2.16. The minimum Gasteiger partial charge on any atom is -0.478 e. The van der Waals surface area contributed by atoms with Crippen LogP contribution in [0.1, 0.15) is 28.8 Å². The average molecular weight is 277 g/mol. The summed E-state index contributed by atoms with van der Waals surface area (Å²) < 4.78 is 5.35. The van der Waals surface area contributed by atoms with Crippen LogP contribution in [0.3, 0.4) is 0 Å². The van der Waals surface area contributed by atoms with Crippen LogP contribution in [0.25, 0.3) is 0 Å². The zero-order valence-corrected chi connectivity index (χ0v) is 11.3. The Morgan fingerprint density at radius 2 is 2.15 bits per heavy atom. The summed E-state index contributed by atoms with van der Waals surface area (Å²) in [6.07, 6.45) is 2.18. The number of rotatable bonds is 5. The molecule has 1 aromatic rings. The van der Waals surface area contributed by atoms with E-state index in [0.717, 1.165) is 19.4 Å². The van der Waals surface area contributed by atoms with Gasteiger partial charge in [-0.3, -0.25) is 4.79 Å². The summed E-state index contributed by atoms with van der Waals surface area (Å²) in [6.45, 7) is 2.08. The van der Waals surface area contributed by atoms with Crippen molar-refractivity contribution in [1.29, 1.82) is 0 Å². The fourth-order valence-corrected chi connectivity index (χ4v) is 2.35. The summed E-state index contributed by atoms with van der Waals surface area (Å²) in [5, 5.41) is 11.9. The van der Waals surface area contributed by atoms with Crippen LogP contribution < -0.4 is 5.32 Å². The van der Waals surface area contributed by atoms with E-state index in [-0.39, 0.29) is 17.9 Å². The average Bonchev–Trinajstić information content (AvgIpc) is 2.46. The number of carboxylic acids is 1. The van der Waals surface area contributed by atoms with Crippen molar-refractivity contribution in [3.63, 3.8) is 0 Å². The Hall–Kier alpha value is -1.88. The van der Waals surface area contributed by atoms with Crippen molar-refractivity contribution in [2.75, 3.05) is 19.8 Å². The zero-order chi connectivity index (χ0) is 14.4. The first-order chi connectivity index (χ1) is 9.66. The van der Waals surface area contributed by atoms with E-state index < -0.39 is 5.97 Å². The van der Waals surface area contributed by atoms with Gasteiger partial charge < -0.3 is 15.2 Å². The van der Waals surface area contributed by atoms with Crippen LogP contribution in [0, 0.1) is 5.92 Å². The normalized spacial score (nSPS) is 18.5. The third-order valence-corrected chi connectivity index (χ3v) is 3.44. The Morgan fingerprint density at radius 3 is 2.85 bits per heavy atom. The lowest BCUT2D eigenvalue weighted by Crippen LogP contribution is -2.34. The number of benzene rings is 1. The van der Waals surface area contributed by atoms with Gasteiger partial charge in [-0.2, -0.15) is 0 Å². The van der Waals surface area contributed by atoms with Crippen molar-refractivity contribution < 1.29 is 19.4 Å². The van der Waals surface area contributed by atoms with Crippen LogP contribution in [0.15, 0.2) is 24.3 Å². The molecule has 108 valence electrons. The molecule has 0 bridgehead atoms. The topological polar surface area (TPSA) is 75.6 Å². The lowest BCUT2D eigenvalue weighted by atomic mass is 10.0. The molecule has 2 rings (SSSR count). The highest BCUT2D eigenvalue weighted by Crippen LogP contribution is 2.13. The molecular formula is C15H19NO4. The molecule has 0 aliphatic carbocycles. The maximum atomic E-state index is 11.9. The first kappa shape index (κ1) is 14.5. The van der Waals surface area contributed by atoms with Gasteiger partial charge in [0.25, 0.3) is 0 Å². The predicted molar refractivity (Wildman–Crippen MR) is 73.7 cm³/mol. The van der Waals surface area contributed by atoms with Gasteiger partial charge >= 0.3 is 5.97 Å². The molecule has 1 aliphatic rings. The number of amides is 1. The molecule has 0 aromatic heterocycles. The third-order valence-electron chi connectivity index (χ3n) is 3.44. The van der Waals surface area contributed by atoms with Gasteiger partial charge in [-0.25, -0.2) is 4.79 Å². The maximum absolute atomic E-state index is 11.9. The van der Waals surface area contributed by atoms with E-state index in [1.54, 1.807) is 18.2 Å². The summed E-state index contributed by atoms with van der Waals surface area (Å²) in [5.74, 6) is -0.791. The van der Waals surface area contributed by atoms with Gasteiger partial charge in [0, 0.05) is 13.2 Å². The molecule has 1 heterocycles. The number of carboxylic acid groups (broad SMARTS) is 1. The SMILES string of the molecule is O=C(Cc1ccccc1C(=O)O)NCC1CCCOC1. The van der Waals surface area contributed by atoms with Crippen LogP contribution in [-0.4, -0.2) is 36.7 Å². The quantitative estimate of drug-likeness (QED) is 0.854. The summed E-state index contributed by atoms with van der Waals surface area (Å²) in [6, 6.07) is 6.58. The number of hydrogen-bond donors (Lipinski definition) is 2. The zero-order valence-electron chi connectivity index (χ0n) is 11.3. The van der Waals surface area contributed by atoms with E-state index in [0.29, 0.717) is 24.6 Å². The number of nitrogens with one attached hydrogen (secondary N) is 1. The summed E-state index contributed by atoms with van der Waals surface area (Å²) >= 11 is 0. The fourth-order valence-electron chi connectivity index (χ4n) is 2.35. The fraction of sp³-hybridized carbons (Fsp3) is 0.467. The lowest BCUT2D eigenvalue weighted by molar-refractivity contribution is -0.120. The second-order valence-corrected chi connectivity index (χ2v) is 5.03. The molecule has 1 aliphatic heterocycles. The van der Waals surface area contributed by atoms with Gasteiger partial charge in [0.2, 0.25) is 5.91 Å². The first-order valence-electron chi connectivity index (χ1n) is 6.82. The van der Waals surface area contributed by atoms with Crippen molar-refractivity contribution in [3.8, 4) is 0 Å². The number of aromatic carboxylic acids is 1. The molecular weight excluding hydrogens is 258 g/mol. The van der Waals surface area contributed by atoms with Crippen molar-refractivity contribution in [2.45, 2.75) is 19.3 Å². The van der Waals surface area contributed by atoms with E-state index in [9.17, 15) is 9.59 Å². The van der Waals surface area contributed by atoms with E-state index in [4.69, 9.17) is 9.84 Å².